The fraction of sp³-hybridized carbons (Fsp3) is 0.114. The van der Waals surface area contributed by atoms with Crippen LogP contribution in [0.4, 0.5) is 0 Å². The molecular weight excluding hydrogens is 556 g/mol. The Hall–Kier alpha value is -5.65. The lowest BCUT2D eigenvalue weighted by Crippen LogP contribution is -1.97. The van der Waals surface area contributed by atoms with Crippen LogP contribution in [0.25, 0.3) is 39.1 Å². The summed E-state index contributed by atoms with van der Waals surface area (Å²) in [5.41, 5.74) is 19.0. The predicted octanol–water partition coefficient (Wildman–Crippen LogP) is 11.2. The van der Waals surface area contributed by atoms with E-state index in [-0.39, 0.29) is 0 Å². The molecule has 1 heterocycles. The zero-order chi connectivity index (χ0) is 32.7. The van der Waals surface area contributed by atoms with E-state index in [1.54, 1.807) is 6.20 Å². The number of rotatable bonds is 12. The zero-order valence-corrected chi connectivity index (χ0v) is 27.1. The second kappa shape index (κ2) is 17.0. The monoisotopic (exact) mass is 598 g/mol. The van der Waals surface area contributed by atoms with Gasteiger partial charge in [0.2, 0.25) is 0 Å². The van der Waals surface area contributed by atoms with Crippen molar-refractivity contribution in [3.63, 3.8) is 0 Å². The highest BCUT2D eigenvalue weighted by Crippen LogP contribution is 2.32. The summed E-state index contributed by atoms with van der Waals surface area (Å²) in [5.74, 6) is 2.89. The molecule has 0 aliphatic carbocycles. The van der Waals surface area contributed by atoms with Crippen molar-refractivity contribution < 1.29 is 0 Å². The first-order valence-electron chi connectivity index (χ1n) is 15.6. The fourth-order valence-corrected chi connectivity index (χ4v) is 5.17. The molecule has 2 N–H and O–H groups in total. The van der Waals surface area contributed by atoms with Gasteiger partial charge in [0.05, 0.1) is 0 Å². The smallest absolute Gasteiger partial charge is 0.0387 e. The molecule has 3 aromatic carbocycles. The highest BCUT2D eigenvalue weighted by Gasteiger charge is 2.10. The third-order valence-corrected chi connectivity index (χ3v) is 7.67. The van der Waals surface area contributed by atoms with E-state index < -0.39 is 0 Å². The van der Waals surface area contributed by atoms with Crippen LogP contribution >= 0.6 is 0 Å². The van der Waals surface area contributed by atoms with Crippen LogP contribution < -0.4 is 5.73 Å². The number of nitrogens with two attached hydrogens (primary N) is 1. The molecule has 0 aliphatic rings. The van der Waals surface area contributed by atoms with Crippen molar-refractivity contribution in [3.05, 3.63) is 180 Å². The minimum atomic E-state index is 0.655. The van der Waals surface area contributed by atoms with Crippen LogP contribution in [0.3, 0.4) is 0 Å². The minimum absolute atomic E-state index is 0.655. The van der Waals surface area contributed by atoms with Gasteiger partial charge in [-0.05, 0) is 107 Å². The molecule has 4 rings (SSSR count). The lowest BCUT2D eigenvalue weighted by molar-refractivity contribution is 1.22. The van der Waals surface area contributed by atoms with Gasteiger partial charge in [-0.15, -0.1) is 6.42 Å². The van der Waals surface area contributed by atoms with Gasteiger partial charge in [-0.2, -0.15) is 0 Å². The Morgan fingerprint density at radius 3 is 2.30 bits per heavy atom. The van der Waals surface area contributed by atoms with E-state index in [0.29, 0.717) is 12.1 Å². The molecule has 0 bridgehead atoms. The van der Waals surface area contributed by atoms with E-state index in [1.165, 1.54) is 11.1 Å². The summed E-state index contributed by atoms with van der Waals surface area (Å²) in [6.45, 7) is 10.4. The summed E-state index contributed by atoms with van der Waals surface area (Å²) in [4.78, 5) is 4.34. The number of hydrogen-bond acceptors (Lipinski definition) is 2. The molecule has 0 saturated heterocycles. The third kappa shape index (κ3) is 8.94. The van der Waals surface area contributed by atoms with Gasteiger partial charge >= 0.3 is 0 Å². The Bertz CT molecular complexity index is 1890. The largest absolute Gasteiger partial charge is 0.398 e. The predicted molar refractivity (Wildman–Crippen MR) is 200 cm³/mol. The molecule has 2 nitrogen and oxygen atoms in total. The Labute approximate surface area is 275 Å². The molecular formula is C44H42N2. The van der Waals surface area contributed by atoms with Crippen molar-refractivity contribution in [2.75, 3.05) is 0 Å². The van der Waals surface area contributed by atoms with Gasteiger partial charge in [-0.25, -0.2) is 0 Å². The van der Waals surface area contributed by atoms with Gasteiger partial charge in [-0.3, -0.25) is 4.98 Å². The average molecular weight is 599 g/mol. The summed E-state index contributed by atoms with van der Waals surface area (Å²) in [5, 5.41) is 0. The Morgan fingerprint density at radius 2 is 1.61 bits per heavy atom. The van der Waals surface area contributed by atoms with Crippen molar-refractivity contribution in [2.45, 2.75) is 33.6 Å². The number of pyridine rings is 1. The van der Waals surface area contributed by atoms with Crippen molar-refractivity contribution in [1.82, 2.24) is 4.98 Å². The molecule has 2 heteroatoms. The van der Waals surface area contributed by atoms with Crippen molar-refractivity contribution in [3.8, 4) is 34.6 Å². The van der Waals surface area contributed by atoms with Gasteiger partial charge in [0, 0.05) is 35.6 Å². The molecule has 0 fully saturated rings. The summed E-state index contributed by atoms with van der Waals surface area (Å²) in [7, 11) is 0. The first kappa shape index (κ1) is 33.2. The standard InChI is InChI=1S/C44H42N2/c1-6-10-12-18-34(8-3)27-38(43-22-14-13-17-33(43)5)25-24-35(9-4)36-19-15-20-37(28-36)40-29-41(39-21-16-26-46-32-39)31-42(30-40)44(45)23-11-7-2/h3,7,9-26,28-32H,4,6,27,45H2,1-2,5H3/b11-7-,12-10-,34-18+,35-24+,38-25+,44-23-. The third-order valence-electron chi connectivity index (χ3n) is 7.67. The van der Waals surface area contributed by atoms with Crippen molar-refractivity contribution >= 4 is 16.8 Å². The van der Waals surface area contributed by atoms with Gasteiger partial charge in [-0.1, -0.05) is 117 Å². The van der Waals surface area contributed by atoms with E-state index in [9.17, 15) is 0 Å². The van der Waals surface area contributed by atoms with E-state index in [4.69, 9.17) is 12.2 Å². The van der Waals surface area contributed by atoms with Crippen LogP contribution in [0.2, 0.25) is 0 Å². The number of hydrogen-bond donors (Lipinski definition) is 1. The molecule has 0 saturated carbocycles. The van der Waals surface area contributed by atoms with Crippen LogP contribution in [0.1, 0.15) is 48.9 Å². The maximum absolute atomic E-state index is 6.52. The molecule has 46 heavy (non-hydrogen) atoms. The molecule has 0 atom stereocenters. The maximum atomic E-state index is 6.52. The van der Waals surface area contributed by atoms with Gasteiger partial charge in [0.1, 0.15) is 0 Å². The average Bonchev–Trinajstić information content (AvgIpc) is 3.10. The highest BCUT2D eigenvalue weighted by molar-refractivity contribution is 5.84. The number of aryl methyl sites for hydroxylation is 1. The van der Waals surface area contributed by atoms with Crippen LogP contribution in [-0.4, -0.2) is 4.98 Å². The number of nitrogens with zero attached hydrogens (tertiary/aromatic N) is 1. The molecule has 0 amide bonds. The summed E-state index contributed by atoms with van der Waals surface area (Å²) < 4.78 is 0. The second-order valence-corrected chi connectivity index (χ2v) is 11.0. The Balaban J connectivity index is 1.80. The van der Waals surface area contributed by atoms with Gasteiger partial charge < -0.3 is 5.73 Å². The topological polar surface area (TPSA) is 38.9 Å². The van der Waals surface area contributed by atoms with Crippen molar-refractivity contribution in [1.29, 1.82) is 0 Å². The number of allylic oxidation sites excluding steroid dienone is 12. The SMILES string of the molecule is C#C/C(=C\C=C/CC)C/C(=C\C=C(/C=C)c1cccc(-c2cc(/C(N)=C/C=C\C)cc(-c3cccnc3)c2)c1)c1ccccc1C. The molecule has 0 aliphatic heterocycles. The van der Waals surface area contributed by atoms with Crippen molar-refractivity contribution in [2.24, 2.45) is 5.73 Å². The maximum Gasteiger partial charge on any atom is 0.0387 e. The molecule has 0 unspecified atom stereocenters. The quantitative estimate of drug-likeness (QED) is 0.130. The van der Waals surface area contributed by atoms with E-state index >= 15 is 0 Å². The summed E-state index contributed by atoms with van der Waals surface area (Å²) in [6, 6.07) is 27.4. The Morgan fingerprint density at radius 1 is 0.848 bits per heavy atom. The van der Waals surface area contributed by atoms with Gasteiger partial charge in [0.15, 0.2) is 0 Å². The second-order valence-electron chi connectivity index (χ2n) is 11.0. The molecule has 228 valence electrons. The first-order chi connectivity index (χ1) is 22.5. The van der Waals surface area contributed by atoms with Crippen LogP contribution in [0, 0.1) is 19.3 Å². The molecule has 0 spiro atoms. The molecule has 0 radical (unpaired) electrons. The summed E-state index contributed by atoms with van der Waals surface area (Å²) in [6.07, 6.45) is 29.5. The minimum Gasteiger partial charge on any atom is -0.398 e. The lowest BCUT2D eigenvalue weighted by atomic mass is 9.92. The zero-order valence-electron chi connectivity index (χ0n) is 27.1. The highest BCUT2D eigenvalue weighted by atomic mass is 14.6. The van der Waals surface area contributed by atoms with Crippen LogP contribution in [0.5, 0.6) is 0 Å². The number of aromatic nitrogens is 1. The van der Waals surface area contributed by atoms with E-state index in [2.05, 4.69) is 122 Å². The normalized spacial score (nSPS) is 12.9. The van der Waals surface area contributed by atoms with Crippen LogP contribution in [0.15, 0.2) is 158 Å². The fourth-order valence-electron chi connectivity index (χ4n) is 5.17. The summed E-state index contributed by atoms with van der Waals surface area (Å²) >= 11 is 0. The van der Waals surface area contributed by atoms with Crippen LogP contribution in [-0.2, 0) is 0 Å². The number of benzene rings is 3. The van der Waals surface area contributed by atoms with E-state index in [0.717, 1.165) is 56.5 Å². The number of terminal acetylenes is 1. The molecule has 4 aromatic rings. The Kier molecular flexibility index (Phi) is 12.3. The lowest BCUT2D eigenvalue weighted by Gasteiger charge is -2.13. The van der Waals surface area contributed by atoms with E-state index in [1.807, 2.05) is 55.6 Å². The van der Waals surface area contributed by atoms with Gasteiger partial charge in [0.25, 0.3) is 0 Å². The molecule has 1 aromatic heterocycles. The first-order valence-corrected chi connectivity index (χ1v) is 15.6.